The lowest BCUT2D eigenvalue weighted by Gasteiger charge is -2.27. The number of hydrogen-bond acceptors (Lipinski definition) is 4. The quantitative estimate of drug-likeness (QED) is 0.872. The van der Waals surface area contributed by atoms with Crippen LogP contribution in [0.3, 0.4) is 0 Å². The molecule has 0 radical (unpaired) electrons. The molecule has 0 atom stereocenters. The number of nitrogens with one attached hydrogen (secondary N) is 1. The first kappa shape index (κ1) is 15.9. The zero-order valence-electron chi connectivity index (χ0n) is 13.0. The van der Waals surface area contributed by atoms with Crippen LogP contribution in [0.2, 0.25) is 0 Å². The van der Waals surface area contributed by atoms with Gasteiger partial charge < -0.3 is 14.4 Å². The van der Waals surface area contributed by atoms with E-state index in [1.165, 1.54) is 7.11 Å². The van der Waals surface area contributed by atoms with Crippen molar-refractivity contribution < 1.29 is 19.1 Å². The normalized spacial score (nSPS) is 16.1. The molecular formula is C16H20N2O4. The van der Waals surface area contributed by atoms with Gasteiger partial charge in [-0.15, -0.1) is 6.58 Å². The number of nitrogens with zero attached hydrogens (tertiary/aromatic N) is 1. The number of carbonyl (C=O) groups excluding carboxylic acids is 2. The highest BCUT2D eigenvalue weighted by molar-refractivity contribution is 6.00. The van der Waals surface area contributed by atoms with E-state index in [1.807, 2.05) is 13.8 Å². The third-order valence-corrected chi connectivity index (χ3v) is 3.41. The van der Waals surface area contributed by atoms with E-state index in [0.29, 0.717) is 23.7 Å². The Bertz CT molecular complexity index is 610. The van der Waals surface area contributed by atoms with Gasteiger partial charge in [0.05, 0.1) is 18.2 Å². The minimum absolute atomic E-state index is 0.0543. The predicted molar refractivity (Wildman–Crippen MR) is 84.3 cm³/mol. The van der Waals surface area contributed by atoms with E-state index in [4.69, 9.17) is 4.74 Å². The molecule has 0 aromatic heterocycles. The number of amides is 2. The summed E-state index contributed by atoms with van der Waals surface area (Å²) in [5.74, 6) is 0.539. The highest BCUT2D eigenvalue weighted by Crippen LogP contribution is 2.38. The van der Waals surface area contributed by atoms with Gasteiger partial charge in [0.25, 0.3) is 0 Å². The summed E-state index contributed by atoms with van der Waals surface area (Å²) in [5, 5.41) is 2.58. The Balaban J connectivity index is 2.44. The molecule has 0 bridgehead atoms. The molecule has 1 heterocycles. The molecule has 1 N–H and O–H groups in total. The molecule has 1 aromatic rings. The molecule has 2 amide bonds. The summed E-state index contributed by atoms with van der Waals surface area (Å²) in [7, 11) is 1.29. The van der Waals surface area contributed by atoms with Crippen molar-refractivity contribution in [3.63, 3.8) is 0 Å². The van der Waals surface area contributed by atoms with Gasteiger partial charge in [-0.1, -0.05) is 6.08 Å². The van der Waals surface area contributed by atoms with Gasteiger partial charge in [-0.3, -0.25) is 10.1 Å². The SMILES string of the molecule is C=CCN1C(=O)C(C)(C)COc2ccc(NC(=O)OC)cc21. The maximum Gasteiger partial charge on any atom is 0.411 e. The van der Waals surface area contributed by atoms with Crippen LogP contribution in [0.1, 0.15) is 13.8 Å². The number of ether oxygens (including phenoxy) is 2. The van der Waals surface area contributed by atoms with Crippen LogP contribution in [0.5, 0.6) is 5.75 Å². The van der Waals surface area contributed by atoms with Crippen LogP contribution < -0.4 is 15.0 Å². The average molecular weight is 304 g/mol. The molecule has 1 aliphatic rings. The lowest BCUT2D eigenvalue weighted by atomic mass is 9.93. The molecule has 1 aromatic carbocycles. The Morgan fingerprint density at radius 1 is 1.55 bits per heavy atom. The molecule has 0 saturated heterocycles. The summed E-state index contributed by atoms with van der Waals surface area (Å²) in [5.41, 5.74) is 0.484. The van der Waals surface area contributed by atoms with Gasteiger partial charge in [0.2, 0.25) is 5.91 Å². The first-order valence-corrected chi connectivity index (χ1v) is 6.93. The minimum Gasteiger partial charge on any atom is -0.490 e. The molecule has 22 heavy (non-hydrogen) atoms. The van der Waals surface area contributed by atoms with E-state index >= 15 is 0 Å². The van der Waals surface area contributed by atoms with Crippen LogP contribution in [0.25, 0.3) is 0 Å². The molecule has 0 aliphatic carbocycles. The summed E-state index contributed by atoms with van der Waals surface area (Å²) in [4.78, 5) is 25.6. The number of methoxy groups -OCH3 is 1. The second-order valence-electron chi connectivity index (χ2n) is 5.68. The summed E-state index contributed by atoms with van der Waals surface area (Å²) >= 11 is 0. The van der Waals surface area contributed by atoms with Crippen LogP contribution >= 0.6 is 0 Å². The maximum atomic E-state index is 12.7. The largest absolute Gasteiger partial charge is 0.490 e. The number of anilines is 2. The van der Waals surface area contributed by atoms with Gasteiger partial charge in [0.1, 0.15) is 12.4 Å². The summed E-state index contributed by atoms with van der Waals surface area (Å²) in [6.07, 6.45) is 1.08. The summed E-state index contributed by atoms with van der Waals surface area (Å²) < 4.78 is 10.3. The van der Waals surface area contributed by atoms with Crippen LogP contribution in [-0.2, 0) is 9.53 Å². The Morgan fingerprint density at radius 2 is 2.27 bits per heavy atom. The Kier molecular flexibility index (Phi) is 4.40. The monoisotopic (exact) mass is 304 g/mol. The van der Waals surface area contributed by atoms with E-state index < -0.39 is 11.5 Å². The number of rotatable bonds is 3. The molecule has 6 nitrogen and oxygen atoms in total. The first-order chi connectivity index (χ1) is 10.4. The molecule has 1 aliphatic heterocycles. The van der Waals surface area contributed by atoms with E-state index in [2.05, 4.69) is 16.6 Å². The van der Waals surface area contributed by atoms with Crippen molar-refractivity contribution in [2.45, 2.75) is 13.8 Å². The van der Waals surface area contributed by atoms with Crippen LogP contribution in [0, 0.1) is 5.41 Å². The first-order valence-electron chi connectivity index (χ1n) is 6.93. The van der Waals surface area contributed by atoms with Gasteiger partial charge in [0, 0.05) is 12.2 Å². The predicted octanol–water partition coefficient (Wildman–Crippen LogP) is 2.80. The molecule has 6 heteroatoms. The van der Waals surface area contributed by atoms with E-state index in [9.17, 15) is 9.59 Å². The van der Waals surface area contributed by atoms with Gasteiger partial charge >= 0.3 is 6.09 Å². The third kappa shape index (κ3) is 3.05. The number of carbonyl (C=O) groups is 2. The van der Waals surface area contributed by atoms with Crippen LogP contribution in [-0.4, -0.2) is 32.3 Å². The number of fused-ring (bicyclic) bond motifs is 1. The number of benzene rings is 1. The second-order valence-corrected chi connectivity index (χ2v) is 5.68. The van der Waals surface area contributed by atoms with E-state index in [0.717, 1.165) is 0 Å². The van der Waals surface area contributed by atoms with E-state index in [1.54, 1.807) is 29.2 Å². The highest BCUT2D eigenvalue weighted by Gasteiger charge is 2.37. The molecule has 118 valence electrons. The molecule has 2 rings (SSSR count). The lowest BCUT2D eigenvalue weighted by Crippen LogP contribution is -2.42. The zero-order chi connectivity index (χ0) is 16.3. The smallest absolute Gasteiger partial charge is 0.411 e. The van der Waals surface area contributed by atoms with Crippen molar-refractivity contribution in [2.24, 2.45) is 5.41 Å². The Hall–Kier alpha value is -2.50. The second kappa shape index (κ2) is 6.09. The fraction of sp³-hybridized carbons (Fsp3) is 0.375. The lowest BCUT2D eigenvalue weighted by molar-refractivity contribution is -0.127. The summed E-state index contributed by atoms with van der Waals surface area (Å²) in [6.45, 7) is 8.03. The third-order valence-electron chi connectivity index (χ3n) is 3.41. The fourth-order valence-corrected chi connectivity index (χ4v) is 2.20. The molecule has 0 unspecified atom stereocenters. The topological polar surface area (TPSA) is 67.9 Å². The van der Waals surface area contributed by atoms with Crippen molar-refractivity contribution in [1.82, 2.24) is 0 Å². The average Bonchev–Trinajstić information content (AvgIpc) is 2.58. The number of hydrogen-bond donors (Lipinski definition) is 1. The summed E-state index contributed by atoms with van der Waals surface area (Å²) in [6, 6.07) is 5.12. The minimum atomic E-state index is -0.641. The molecule has 0 spiro atoms. The molecular weight excluding hydrogens is 284 g/mol. The van der Waals surface area contributed by atoms with Crippen LogP contribution in [0.15, 0.2) is 30.9 Å². The zero-order valence-corrected chi connectivity index (χ0v) is 13.0. The van der Waals surface area contributed by atoms with E-state index in [-0.39, 0.29) is 12.5 Å². The maximum absolute atomic E-state index is 12.7. The highest BCUT2D eigenvalue weighted by atomic mass is 16.5. The fourth-order valence-electron chi connectivity index (χ4n) is 2.20. The van der Waals surface area contributed by atoms with Gasteiger partial charge in [-0.05, 0) is 32.0 Å². The van der Waals surface area contributed by atoms with Crippen molar-refractivity contribution >= 4 is 23.4 Å². The van der Waals surface area contributed by atoms with Crippen molar-refractivity contribution in [3.8, 4) is 5.75 Å². The van der Waals surface area contributed by atoms with Crippen molar-refractivity contribution in [2.75, 3.05) is 30.5 Å². The van der Waals surface area contributed by atoms with Crippen molar-refractivity contribution in [1.29, 1.82) is 0 Å². The molecule has 0 fully saturated rings. The van der Waals surface area contributed by atoms with Crippen molar-refractivity contribution in [3.05, 3.63) is 30.9 Å². The van der Waals surface area contributed by atoms with Crippen LogP contribution in [0.4, 0.5) is 16.2 Å². The molecule has 0 saturated carbocycles. The standard InChI is InChI=1S/C16H20N2O4/c1-5-8-18-12-9-11(17-15(20)21-4)6-7-13(12)22-10-16(2,3)14(18)19/h5-7,9H,1,8,10H2,2-4H3,(H,17,20). The van der Waals surface area contributed by atoms with Gasteiger partial charge in [-0.25, -0.2) is 4.79 Å². The Morgan fingerprint density at radius 3 is 2.91 bits per heavy atom. The van der Waals surface area contributed by atoms with Gasteiger partial charge in [0.15, 0.2) is 0 Å². The van der Waals surface area contributed by atoms with Gasteiger partial charge in [-0.2, -0.15) is 0 Å². The Labute approximate surface area is 129 Å².